The second-order valence-corrected chi connectivity index (χ2v) is 6.40. The highest BCUT2D eigenvalue weighted by atomic mass is 32.1. The normalized spacial score (nSPS) is 14.4. The average molecular weight is 295 g/mol. The highest BCUT2D eigenvalue weighted by molar-refractivity contribution is 7.10. The van der Waals surface area contributed by atoms with Crippen molar-refractivity contribution in [3.63, 3.8) is 0 Å². The van der Waals surface area contributed by atoms with Gasteiger partial charge in [0.2, 0.25) is 0 Å². The highest BCUT2D eigenvalue weighted by Crippen LogP contribution is 2.29. The Morgan fingerprint density at radius 1 is 1.24 bits per heavy atom. The third-order valence-corrected chi connectivity index (χ3v) is 5.16. The maximum atomic E-state index is 5.93. The van der Waals surface area contributed by atoms with Gasteiger partial charge in [0.15, 0.2) is 0 Å². The Bertz CT molecular complexity index is 794. The van der Waals surface area contributed by atoms with E-state index in [2.05, 4.69) is 34.5 Å². The Kier molecular flexibility index (Phi) is 3.13. The molecule has 2 N–H and O–H groups in total. The first-order valence-corrected chi connectivity index (χ1v) is 8.12. The van der Waals surface area contributed by atoms with Gasteiger partial charge in [-0.25, -0.2) is 4.98 Å². The highest BCUT2D eigenvalue weighted by Gasteiger charge is 2.19. The maximum absolute atomic E-state index is 5.93. The Labute approximate surface area is 128 Å². The zero-order valence-corrected chi connectivity index (χ0v) is 12.6. The lowest BCUT2D eigenvalue weighted by Gasteiger charge is -2.28. The van der Waals surface area contributed by atoms with Gasteiger partial charge in [-0.1, -0.05) is 18.2 Å². The zero-order valence-electron chi connectivity index (χ0n) is 11.7. The summed E-state index contributed by atoms with van der Waals surface area (Å²) in [6.07, 6.45) is 1.11. The molecule has 4 rings (SSSR count). The van der Waals surface area contributed by atoms with Crippen LogP contribution in [0.1, 0.15) is 16.0 Å². The zero-order chi connectivity index (χ0) is 14.2. The van der Waals surface area contributed by atoms with Crippen molar-refractivity contribution in [2.75, 3.05) is 11.4 Å². The number of rotatable bonds is 2. The summed E-state index contributed by atoms with van der Waals surface area (Å²) in [7, 11) is 0. The number of fused-ring (bicyclic) bond motifs is 2. The minimum Gasteiger partial charge on any atom is -0.352 e. The fourth-order valence-electron chi connectivity index (χ4n) is 3.01. The number of para-hydroxylation sites is 1. The topological polar surface area (TPSA) is 42.1 Å². The largest absolute Gasteiger partial charge is 0.352 e. The van der Waals surface area contributed by atoms with Gasteiger partial charge in [-0.3, -0.25) is 0 Å². The van der Waals surface area contributed by atoms with E-state index < -0.39 is 0 Å². The molecule has 106 valence electrons. The summed E-state index contributed by atoms with van der Waals surface area (Å²) in [4.78, 5) is 8.72. The van der Waals surface area contributed by atoms with Crippen LogP contribution in [-0.4, -0.2) is 11.5 Å². The molecule has 0 saturated carbocycles. The molecule has 0 bridgehead atoms. The molecule has 2 aromatic heterocycles. The molecule has 0 fully saturated rings. The van der Waals surface area contributed by atoms with Crippen LogP contribution in [0, 0.1) is 0 Å². The smallest absolute Gasteiger partial charge is 0.129 e. The lowest BCUT2D eigenvalue weighted by atomic mass is 10.1. The minimum atomic E-state index is 0.549. The van der Waals surface area contributed by atoms with Gasteiger partial charge in [0.1, 0.15) is 5.82 Å². The molecule has 1 aliphatic heterocycles. The van der Waals surface area contributed by atoms with Gasteiger partial charge in [0.05, 0.1) is 5.52 Å². The number of hydrogen-bond acceptors (Lipinski definition) is 4. The molecule has 0 unspecified atom stereocenters. The molecule has 0 amide bonds. The van der Waals surface area contributed by atoms with Gasteiger partial charge in [0.25, 0.3) is 0 Å². The van der Waals surface area contributed by atoms with Crippen molar-refractivity contribution in [2.45, 2.75) is 19.5 Å². The number of benzene rings is 1. The Morgan fingerprint density at radius 2 is 2.14 bits per heavy atom. The Balaban J connectivity index is 1.77. The van der Waals surface area contributed by atoms with Crippen LogP contribution < -0.4 is 10.6 Å². The third-order valence-electron chi connectivity index (χ3n) is 4.14. The molecule has 1 aliphatic rings. The average Bonchev–Trinajstić information content (AvgIpc) is 3.01. The van der Waals surface area contributed by atoms with Crippen LogP contribution in [0.15, 0.2) is 41.8 Å². The number of anilines is 1. The molecule has 4 heteroatoms. The summed E-state index contributed by atoms with van der Waals surface area (Å²) in [5.74, 6) is 1.05. The van der Waals surface area contributed by atoms with E-state index in [0.29, 0.717) is 6.54 Å². The molecule has 3 heterocycles. The van der Waals surface area contributed by atoms with Crippen LogP contribution in [0.4, 0.5) is 5.82 Å². The SMILES string of the molecule is NCc1cc(N2CCc3sccc3C2)nc2ccccc12. The van der Waals surface area contributed by atoms with Crippen LogP contribution in [0.5, 0.6) is 0 Å². The molecule has 21 heavy (non-hydrogen) atoms. The summed E-state index contributed by atoms with van der Waals surface area (Å²) in [6.45, 7) is 2.53. The molecule has 0 radical (unpaired) electrons. The van der Waals surface area contributed by atoms with Crippen LogP contribution in [-0.2, 0) is 19.5 Å². The van der Waals surface area contributed by atoms with E-state index in [1.807, 2.05) is 23.5 Å². The van der Waals surface area contributed by atoms with E-state index in [1.54, 1.807) is 0 Å². The second kappa shape index (κ2) is 5.13. The first-order valence-electron chi connectivity index (χ1n) is 7.24. The molecular formula is C17H17N3S. The standard InChI is InChI=1S/C17H17N3S/c18-10-13-9-17(19-15-4-2-1-3-14(13)15)20-7-5-16-12(11-20)6-8-21-16/h1-4,6,8-9H,5,7,10-11,18H2. The van der Waals surface area contributed by atoms with Gasteiger partial charge in [-0.05, 0) is 41.1 Å². The molecule has 3 nitrogen and oxygen atoms in total. The molecule has 3 aromatic rings. The molecular weight excluding hydrogens is 278 g/mol. The summed E-state index contributed by atoms with van der Waals surface area (Å²) in [5, 5.41) is 3.35. The molecule has 0 spiro atoms. The minimum absolute atomic E-state index is 0.549. The molecule has 0 aliphatic carbocycles. The van der Waals surface area contributed by atoms with Gasteiger partial charge >= 0.3 is 0 Å². The van der Waals surface area contributed by atoms with E-state index >= 15 is 0 Å². The molecule has 0 saturated heterocycles. The van der Waals surface area contributed by atoms with Crippen LogP contribution in [0.25, 0.3) is 10.9 Å². The third kappa shape index (κ3) is 2.20. The van der Waals surface area contributed by atoms with Gasteiger partial charge < -0.3 is 10.6 Å². The number of nitrogens with zero attached hydrogens (tertiary/aromatic N) is 2. The van der Waals surface area contributed by atoms with Gasteiger partial charge in [-0.2, -0.15) is 0 Å². The quantitative estimate of drug-likeness (QED) is 0.788. The van der Waals surface area contributed by atoms with E-state index in [1.165, 1.54) is 16.0 Å². The number of aromatic nitrogens is 1. The van der Waals surface area contributed by atoms with Crippen molar-refractivity contribution in [3.05, 3.63) is 57.8 Å². The van der Waals surface area contributed by atoms with E-state index in [-0.39, 0.29) is 0 Å². The van der Waals surface area contributed by atoms with E-state index in [9.17, 15) is 0 Å². The Morgan fingerprint density at radius 3 is 3.05 bits per heavy atom. The van der Waals surface area contributed by atoms with Crippen molar-refractivity contribution in [2.24, 2.45) is 5.73 Å². The predicted molar refractivity (Wildman–Crippen MR) is 88.7 cm³/mol. The molecule has 0 atom stereocenters. The number of pyridine rings is 1. The van der Waals surface area contributed by atoms with Gasteiger partial charge in [0, 0.05) is 29.9 Å². The summed E-state index contributed by atoms with van der Waals surface area (Å²) < 4.78 is 0. The van der Waals surface area contributed by atoms with Crippen molar-refractivity contribution in [1.82, 2.24) is 4.98 Å². The van der Waals surface area contributed by atoms with E-state index in [4.69, 9.17) is 10.7 Å². The van der Waals surface area contributed by atoms with E-state index in [0.717, 1.165) is 36.2 Å². The summed E-state index contributed by atoms with van der Waals surface area (Å²) in [6, 6.07) is 12.6. The fraction of sp³-hybridized carbons (Fsp3) is 0.235. The number of nitrogens with two attached hydrogens (primary N) is 1. The van der Waals surface area contributed by atoms with Crippen LogP contribution >= 0.6 is 11.3 Å². The predicted octanol–water partition coefficient (Wildman–Crippen LogP) is 3.32. The monoisotopic (exact) mass is 295 g/mol. The first-order chi connectivity index (χ1) is 10.3. The lowest BCUT2D eigenvalue weighted by Crippen LogP contribution is -2.30. The van der Waals surface area contributed by atoms with Gasteiger partial charge in [-0.15, -0.1) is 11.3 Å². The van der Waals surface area contributed by atoms with Crippen LogP contribution in [0.3, 0.4) is 0 Å². The Hall–Kier alpha value is -1.91. The van der Waals surface area contributed by atoms with Crippen molar-refractivity contribution in [1.29, 1.82) is 0 Å². The lowest BCUT2D eigenvalue weighted by molar-refractivity contribution is 0.733. The fourth-order valence-corrected chi connectivity index (χ4v) is 3.90. The summed E-state index contributed by atoms with van der Waals surface area (Å²) >= 11 is 1.87. The number of thiophene rings is 1. The van der Waals surface area contributed by atoms with Crippen molar-refractivity contribution in [3.8, 4) is 0 Å². The van der Waals surface area contributed by atoms with Crippen molar-refractivity contribution >= 4 is 28.1 Å². The van der Waals surface area contributed by atoms with Crippen LogP contribution in [0.2, 0.25) is 0 Å². The molecule has 1 aromatic carbocycles. The second-order valence-electron chi connectivity index (χ2n) is 5.40. The summed E-state index contributed by atoms with van der Waals surface area (Å²) in [5.41, 5.74) is 9.58. The maximum Gasteiger partial charge on any atom is 0.129 e. The van der Waals surface area contributed by atoms with Crippen molar-refractivity contribution < 1.29 is 0 Å². The number of hydrogen-bond donors (Lipinski definition) is 1. The first kappa shape index (κ1) is 12.8.